The number of likely N-dealkylation sites (tertiary alicyclic amines) is 1. The van der Waals surface area contributed by atoms with E-state index in [0.717, 1.165) is 18.4 Å². The first-order chi connectivity index (χ1) is 10.8. The molecular weight excluding hydrogens is 297 g/mol. The van der Waals surface area contributed by atoms with E-state index >= 15 is 0 Å². The number of amides is 1. The monoisotopic (exact) mass is 323 g/mol. The fourth-order valence-corrected chi connectivity index (χ4v) is 2.53. The van der Waals surface area contributed by atoms with E-state index in [0.29, 0.717) is 32.2 Å². The van der Waals surface area contributed by atoms with Gasteiger partial charge in [-0.2, -0.15) is 0 Å². The summed E-state index contributed by atoms with van der Waals surface area (Å²) in [6.07, 6.45) is 1.61. The zero-order valence-electron chi connectivity index (χ0n) is 14.2. The Balaban J connectivity index is 1.66. The van der Waals surface area contributed by atoms with Crippen LogP contribution in [0.5, 0.6) is 0 Å². The smallest absolute Gasteiger partial charge is 0.410 e. The maximum atomic E-state index is 12.8. The fourth-order valence-electron chi connectivity index (χ4n) is 2.53. The number of carbonyl (C=O) groups is 1. The van der Waals surface area contributed by atoms with Crippen LogP contribution in [0.25, 0.3) is 0 Å². The van der Waals surface area contributed by atoms with Crippen LogP contribution < -0.4 is 0 Å². The molecule has 1 saturated heterocycles. The summed E-state index contributed by atoms with van der Waals surface area (Å²) in [5.41, 5.74) is 0.518. The number of nitrogens with zero attached hydrogens (tertiary/aromatic N) is 1. The van der Waals surface area contributed by atoms with E-state index in [1.165, 1.54) is 12.1 Å². The Labute approximate surface area is 137 Å². The highest BCUT2D eigenvalue weighted by Crippen LogP contribution is 2.20. The minimum Gasteiger partial charge on any atom is -0.444 e. The molecule has 0 aliphatic carbocycles. The Morgan fingerprint density at radius 2 is 1.83 bits per heavy atom. The highest BCUT2D eigenvalue weighted by atomic mass is 19.1. The Kier molecular flexibility index (Phi) is 5.99. The summed E-state index contributed by atoms with van der Waals surface area (Å²) in [7, 11) is 0. The number of carbonyl (C=O) groups excluding carboxylic acids is 1. The molecule has 2 rings (SSSR count). The Hall–Kier alpha value is -1.62. The molecule has 4 nitrogen and oxygen atoms in total. The van der Waals surface area contributed by atoms with Crippen molar-refractivity contribution in [3.63, 3.8) is 0 Å². The molecule has 1 fully saturated rings. The summed E-state index contributed by atoms with van der Waals surface area (Å²) in [6.45, 7) is 8.20. The van der Waals surface area contributed by atoms with Gasteiger partial charge >= 0.3 is 6.09 Å². The van der Waals surface area contributed by atoms with E-state index in [1.54, 1.807) is 17.0 Å². The molecular formula is C18H26FNO3. The molecule has 1 heterocycles. The number of hydrogen-bond acceptors (Lipinski definition) is 3. The zero-order valence-corrected chi connectivity index (χ0v) is 14.2. The van der Waals surface area contributed by atoms with Crippen molar-refractivity contribution in [3.05, 3.63) is 35.6 Å². The Bertz CT molecular complexity index is 502. The van der Waals surface area contributed by atoms with Crippen LogP contribution in [0.15, 0.2) is 24.3 Å². The number of ether oxygens (including phenoxy) is 2. The SMILES string of the molecule is CC(C)(C)OC(=O)N1CCC(COCc2ccc(F)cc2)CC1. The molecule has 5 heteroatoms. The van der Waals surface area contributed by atoms with E-state index in [4.69, 9.17) is 9.47 Å². The molecule has 0 atom stereocenters. The van der Waals surface area contributed by atoms with E-state index in [-0.39, 0.29) is 11.9 Å². The van der Waals surface area contributed by atoms with Gasteiger partial charge in [0, 0.05) is 19.7 Å². The summed E-state index contributed by atoms with van der Waals surface area (Å²) in [5, 5.41) is 0. The van der Waals surface area contributed by atoms with Gasteiger partial charge in [-0.05, 0) is 57.2 Å². The zero-order chi connectivity index (χ0) is 16.9. The molecule has 0 aromatic heterocycles. The van der Waals surface area contributed by atoms with Crippen molar-refractivity contribution < 1.29 is 18.7 Å². The molecule has 0 bridgehead atoms. The van der Waals surface area contributed by atoms with E-state index in [1.807, 2.05) is 20.8 Å². The number of halogens is 1. The summed E-state index contributed by atoms with van der Waals surface area (Å²) in [5.74, 6) is 0.220. The lowest BCUT2D eigenvalue weighted by Crippen LogP contribution is -2.42. The molecule has 1 amide bonds. The van der Waals surface area contributed by atoms with Crippen LogP contribution in [0.3, 0.4) is 0 Å². The van der Waals surface area contributed by atoms with Gasteiger partial charge in [-0.3, -0.25) is 0 Å². The summed E-state index contributed by atoms with van der Waals surface area (Å²) < 4.78 is 23.9. The lowest BCUT2D eigenvalue weighted by molar-refractivity contribution is 0.0105. The average molecular weight is 323 g/mol. The molecule has 1 aliphatic heterocycles. The van der Waals surface area contributed by atoms with Crippen LogP contribution >= 0.6 is 0 Å². The first kappa shape index (κ1) is 17.7. The van der Waals surface area contributed by atoms with Crippen LogP contribution in [-0.2, 0) is 16.1 Å². The van der Waals surface area contributed by atoms with Gasteiger partial charge in [0.1, 0.15) is 11.4 Å². The highest BCUT2D eigenvalue weighted by Gasteiger charge is 2.26. The molecule has 0 radical (unpaired) electrons. The third-order valence-corrected chi connectivity index (χ3v) is 3.80. The predicted octanol–water partition coefficient (Wildman–Crippen LogP) is 3.99. The van der Waals surface area contributed by atoms with Crippen LogP contribution in [-0.4, -0.2) is 36.3 Å². The minimum absolute atomic E-state index is 0.233. The van der Waals surface area contributed by atoms with Crippen molar-refractivity contribution in [1.29, 1.82) is 0 Å². The summed E-state index contributed by atoms with van der Waals surface area (Å²) in [4.78, 5) is 13.8. The van der Waals surface area contributed by atoms with E-state index < -0.39 is 5.60 Å². The van der Waals surface area contributed by atoms with Gasteiger partial charge in [0.2, 0.25) is 0 Å². The van der Waals surface area contributed by atoms with Crippen LogP contribution in [0.2, 0.25) is 0 Å². The topological polar surface area (TPSA) is 38.8 Å². The molecule has 1 aliphatic rings. The Morgan fingerprint density at radius 3 is 2.39 bits per heavy atom. The van der Waals surface area contributed by atoms with Gasteiger partial charge in [0.05, 0.1) is 6.61 Å². The summed E-state index contributed by atoms with van der Waals surface area (Å²) in [6, 6.07) is 6.36. The first-order valence-corrected chi connectivity index (χ1v) is 8.13. The predicted molar refractivity (Wildman–Crippen MR) is 86.6 cm³/mol. The van der Waals surface area contributed by atoms with Crippen molar-refractivity contribution in [2.24, 2.45) is 5.92 Å². The van der Waals surface area contributed by atoms with E-state index in [9.17, 15) is 9.18 Å². The maximum absolute atomic E-state index is 12.8. The molecule has 1 aromatic carbocycles. The second-order valence-electron chi connectivity index (χ2n) is 7.05. The normalized spacial score (nSPS) is 16.4. The van der Waals surface area contributed by atoms with Crippen molar-refractivity contribution in [2.45, 2.75) is 45.8 Å². The average Bonchev–Trinajstić information content (AvgIpc) is 2.48. The third-order valence-electron chi connectivity index (χ3n) is 3.80. The Morgan fingerprint density at radius 1 is 1.22 bits per heavy atom. The third kappa shape index (κ3) is 6.18. The molecule has 1 aromatic rings. The van der Waals surface area contributed by atoms with Crippen molar-refractivity contribution in [2.75, 3.05) is 19.7 Å². The second kappa shape index (κ2) is 7.77. The van der Waals surface area contributed by atoms with Gasteiger partial charge in [0.15, 0.2) is 0 Å². The largest absolute Gasteiger partial charge is 0.444 e. The van der Waals surface area contributed by atoms with Gasteiger partial charge in [-0.25, -0.2) is 9.18 Å². The van der Waals surface area contributed by atoms with Crippen LogP contribution in [0.1, 0.15) is 39.2 Å². The number of benzene rings is 1. The van der Waals surface area contributed by atoms with Crippen molar-refractivity contribution in [1.82, 2.24) is 4.90 Å². The van der Waals surface area contributed by atoms with Gasteiger partial charge < -0.3 is 14.4 Å². The number of hydrogen-bond donors (Lipinski definition) is 0. The maximum Gasteiger partial charge on any atom is 0.410 e. The standard InChI is InChI=1S/C18H26FNO3/c1-18(2,3)23-17(21)20-10-8-15(9-11-20)13-22-12-14-4-6-16(19)7-5-14/h4-7,15H,8-13H2,1-3H3. The molecule has 0 N–H and O–H groups in total. The minimum atomic E-state index is -0.452. The fraction of sp³-hybridized carbons (Fsp3) is 0.611. The lowest BCUT2D eigenvalue weighted by Gasteiger charge is -2.33. The molecule has 0 spiro atoms. The second-order valence-corrected chi connectivity index (χ2v) is 7.05. The van der Waals surface area contributed by atoms with Gasteiger partial charge in [-0.1, -0.05) is 12.1 Å². The molecule has 0 unspecified atom stereocenters. The lowest BCUT2D eigenvalue weighted by atomic mass is 9.98. The highest BCUT2D eigenvalue weighted by molar-refractivity contribution is 5.68. The molecule has 23 heavy (non-hydrogen) atoms. The van der Waals surface area contributed by atoms with Crippen molar-refractivity contribution in [3.8, 4) is 0 Å². The van der Waals surface area contributed by atoms with Crippen molar-refractivity contribution >= 4 is 6.09 Å². The van der Waals surface area contributed by atoms with Gasteiger partial charge in [-0.15, -0.1) is 0 Å². The van der Waals surface area contributed by atoms with Crippen LogP contribution in [0, 0.1) is 11.7 Å². The number of rotatable bonds is 4. The quantitative estimate of drug-likeness (QED) is 0.841. The van der Waals surface area contributed by atoms with E-state index in [2.05, 4.69) is 0 Å². The molecule has 128 valence electrons. The summed E-state index contributed by atoms with van der Waals surface area (Å²) >= 11 is 0. The molecule has 0 saturated carbocycles. The number of piperidine rings is 1. The first-order valence-electron chi connectivity index (χ1n) is 8.13. The van der Waals surface area contributed by atoms with Gasteiger partial charge in [0.25, 0.3) is 0 Å². The van der Waals surface area contributed by atoms with Crippen LogP contribution in [0.4, 0.5) is 9.18 Å².